The predicted molar refractivity (Wildman–Crippen MR) is 62.9 cm³/mol. The lowest BCUT2D eigenvalue weighted by atomic mass is 10.1. The summed E-state index contributed by atoms with van der Waals surface area (Å²) in [7, 11) is 0. The predicted octanol–water partition coefficient (Wildman–Crippen LogP) is 3.40. The summed E-state index contributed by atoms with van der Waals surface area (Å²) in [5, 5.41) is -0.440. The van der Waals surface area contributed by atoms with Crippen LogP contribution in [0.4, 0.5) is 0 Å². The molecule has 0 saturated carbocycles. The second-order valence-corrected chi connectivity index (χ2v) is 3.85. The minimum atomic E-state index is -0.440. The normalized spacial score (nSPS) is 12.1. The maximum atomic E-state index is 11.3. The fourth-order valence-corrected chi connectivity index (χ4v) is 1.14. The lowest BCUT2D eigenvalue weighted by Crippen LogP contribution is -2.00. The third-order valence-electron chi connectivity index (χ3n) is 1.97. The Bertz CT molecular complexity index is 277. The third kappa shape index (κ3) is 9.42. The topological polar surface area (TPSA) is 34.1 Å². The van der Waals surface area contributed by atoms with Gasteiger partial charge in [-0.25, -0.2) is 0 Å². The standard InChI is InChI=1S/C12H17ClO2/c1-3-4-5-10(2)6-7-11(14)8-9-12(13)15/h3-5H,6-9H2,1-2H3/b4-3-,10-5+. The van der Waals surface area contributed by atoms with E-state index in [1.807, 2.05) is 32.1 Å². The van der Waals surface area contributed by atoms with Crippen LogP contribution in [-0.4, -0.2) is 11.0 Å². The summed E-state index contributed by atoms with van der Waals surface area (Å²) in [5.41, 5.74) is 1.17. The Balaban J connectivity index is 3.75. The molecule has 0 unspecified atom stereocenters. The van der Waals surface area contributed by atoms with Crippen LogP contribution in [0.5, 0.6) is 0 Å². The summed E-state index contributed by atoms with van der Waals surface area (Å²) >= 11 is 5.14. The van der Waals surface area contributed by atoms with Crippen molar-refractivity contribution < 1.29 is 9.59 Å². The van der Waals surface area contributed by atoms with E-state index in [1.54, 1.807) is 0 Å². The van der Waals surface area contributed by atoms with Gasteiger partial charge in [0.25, 0.3) is 0 Å². The molecule has 0 aromatic heterocycles. The van der Waals surface area contributed by atoms with Crippen LogP contribution in [0.25, 0.3) is 0 Å². The van der Waals surface area contributed by atoms with Gasteiger partial charge < -0.3 is 0 Å². The molecule has 0 aliphatic carbocycles. The number of carbonyl (C=O) groups excluding carboxylic acids is 2. The van der Waals surface area contributed by atoms with Crippen LogP contribution >= 0.6 is 11.6 Å². The molecule has 0 atom stereocenters. The number of halogens is 1. The van der Waals surface area contributed by atoms with Crippen molar-refractivity contribution in [1.82, 2.24) is 0 Å². The first-order valence-corrected chi connectivity index (χ1v) is 5.42. The van der Waals surface area contributed by atoms with Crippen molar-refractivity contribution in [3.05, 3.63) is 23.8 Å². The highest BCUT2D eigenvalue weighted by atomic mass is 35.5. The molecule has 3 heteroatoms. The lowest BCUT2D eigenvalue weighted by Gasteiger charge is -1.99. The van der Waals surface area contributed by atoms with Crippen molar-refractivity contribution in [3.8, 4) is 0 Å². The molecule has 0 aliphatic rings. The van der Waals surface area contributed by atoms with E-state index in [-0.39, 0.29) is 18.6 Å². The molecule has 84 valence electrons. The highest BCUT2D eigenvalue weighted by Gasteiger charge is 2.04. The van der Waals surface area contributed by atoms with Crippen molar-refractivity contribution in [2.24, 2.45) is 0 Å². The molecule has 0 aromatic rings. The molecule has 0 heterocycles. The molecule has 15 heavy (non-hydrogen) atoms. The number of rotatable bonds is 7. The van der Waals surface area contributed by atoms with Gasteiger partial charge in [0.15, 0.2) is 0 Å². The summed E-state index contributed by atoms with van der Waals surface area (Å²) in [5.74, 6) is 0.0947. The van der Waals surface area contributed by atoms with Crippen LogP contribution in [0.15, 0.2) is 23.8 Å². The van der Waals surface area contributed by atoms with Gasteiger partial charge in [-0.15, -0.1) is 0 Å². The first kappa shape index (κ1) is 14.1. The van der Waals surface area contributed by atoms with E-state index in [2.05, 4.69) is 0 Å². The molecule has 0 aliphatic heterocycles. The van der Waals surface area contributed by atoms with Crippen LogP contribution in [0.1, 0.15) is 39.5 Å². The van der Waals surface area contributed by atoms with E-state index in [9.17, 15) is 9.59 Å². The van der Waals surface area contributed by atoms with E-state index < -0.39 is 5.24 Å². The highest BCUT2D eigenvalue weighted by Crippen LogP contribution is 2.07. The number of Topliss-reactive ketones (excluding diaryl/α,β-unsaturated/α-hetero) is 1. The average molecular weight is 229 g/mol. The first-order valence-electron chi connectivity index (χ1n) is 5.04. The fourth-order valence-electron chi connectivity index (χ4n) is 1.04. The molecule has 0 radical (unpaired) electrons. The molecule has 0 saturated heterocycles. The molecule has 0 N–H and O–H groups in total. The molecule has 0 spiro atoms. The summed E-state index contributed by atoms with van der Waals surface area (Å²) in [6.45, 7) is 3.93. The zero-order chi connectivity index (χ0) is 11.7. The Labute approximate surface area is 96.0 Å². The van der Waals surface area contributed by atoms with E-state index >= 15 is 0 Å². The summed E-state index contributed by atoms with van der Waals surface area (Å²) in [6, 6.07) is 0. The van der Waals surface area contributed by atoms with Crippen LogP contribution in [0, 0.1) is 0 Å². The average Bonchev–Trinajstić information content (AvgIpc) is 2.20. The summed E-state index contributed by atoms with van der Waals surface area (Å²) in [6.07, 6.45) is 7.53. The first-order chi connectivity index (χ1) is 7.06. The zero-order valence-corrected chi connectivity index (χ0v) is 10.0. The van der Waals surface area contributed by atoms with Crippen LogP contribution < -0.4 is 0 Å². The summed E-state index contributed by atoms with van der Waals surface area (Å²) < 4.78 is 0. The van der Waals surface area contributed by atoms with Gasteiger partial charge >= 0.3 is 0 Å². The van der Waals surface area contributed by atoms with Gasteiger partial charge in [0.05, 0.1) is 0 Å². The maximum Gasteiger partial charge on any atom is 0.222 e. The van der Waals surface area contributed by atoms with Gasteiger partial charge in [-0.05, 0) is 31.9 Å². The van der Waals surface area contributed by atoms with Gasteiger partial charge in [0.2, 0.25) is 5.24 Å². The number of hydrogen-bond acceptors (Lipinski definition) is 2. The van der Waals surface area contributed by atoms with Crippen molar-refractivity contribution in [1.29, 1.82) is 0 Å². The number of hydrogen-bond donors (Lipinski definition) is 0. The Morgan fingerprint density at radius 2 is 1.73 bits per heavy atom. The van der Waals surface area contributed by atoms with Crippen LogP contribution in [-0.2, 0) is 9.59 Å². The molecular formula is C12H17ClO2. The van der Waals surface area contributed by atoms with Crippen LogP contribution in [0.3, 0.4) is 0 Å². The molecule has 0 rings (SSSR count). The molecule has 0 bridgehead atoms. The quantitative estimate of drug-likeness (QED) is 0.494. The summed E-state index contributed by atoms with van der Waals surface area (Å²) in [4.78, 5) is 21.7. The SMILES string of the molecule is C/C=C\C=C(/C)CCC(=O)CCC(=O)Cl. The Morgan fingerprint density at radius 3 is 2.27 bits per heavy atom. The van der Waals surface area contributed by atoms with E-state index in [4.69, 9.17) is 11.6 Å². The van der Waals surface area contributed by atoms with E-state index in [1.165, 1.54) is 5.57 Å². The van der Waals surface area contributed by atoms with Gasteiger partial charge in [-0.3, -0.25) is 9.59 Å². The maximum absolute atomic E-state index is 11.3. The van der Waals surface area contributed by atoms with Gasteiger partial charge in [-0.1, -0.05) is 23.8 Å². The Kier molecular flexibility index (Phi) is 7.92. The van der Waals surface area contributed by atoms with Crippen LogP contribution in [0.2, 0.25) is 0 Å². The van der Waals surface area contributed by atoms with E-state index in [0.717, 1.165) is 6.42 Å². The Morgan fingerprint density at radius 1 is 1.13 bits per heavy atom. The Hall–Kier alpha value is -0.890. The van der Waals surface area contributed by atoms with Gasteiger partial charge in [0.1, 0.15) is 5.78 Å². The van der Waals surface area contributed by atoms with Gasteiger partial charge in [-0.2, -0.15) is 0 Å². The monoisotopic (exact) mass is 228 g/mol. The molecule has 0 fully saturated rings. The molecule has 0 aromatic carbocycles. The minimum Gasteiger partial charge on any atom is -0.300 e. The number of ketones is 1. The largest absolute Gasteiger partial charge is 0.300 e. The van der Waals surface area contributed by atoms with Crippen molar-refractivity contribution in [3.63, 3.8) is 0 Å². The number of carbonyl (C=O) groups is 2. The number of allylic oxidation sites excluding steroid dienone is 4. The zero-order valence-electron chi connectivity index (χ0n) is 9.25. The smallest absolute Gasteiger partial charge is 0.222 e. The molecule has 2 nitrogen and oxygen atoms in total. The van der Waals surface area contributed by atoms with Crippen molar-refractivity contribution in [2.75, 3.05) is 0 Å². The van der Waals surface area contributed by atoms with Gasteiger partial charge in [0, 0.05) is 19.3 Å². The second-order valence-electron chi connectivity index (χ2n) is 3.43. The minimum absolute atomic E-state index is 0.0947. The third-order valence-corrected chi connectivity index (χ3v) is 2.16. The van der Waals surface area contributed by atoms with E-state index in [0.29, 0.717) is 6.42 Å². The molecule has 0 amide bonds. The highest BCUT2D eigenvalue weighted by molar-refractivity contribution is 6.63. The lowest BCUT2D eigenvalue weighted by molar-refractivity contribution is -0.121. The molecular weight excluding hydrogens is 212 g/mol. The fraction of sp³-hybridized carbons (Fsp3) is 0.500. The van der Waals surface area contributed by atoms with Crippen molar-refractivity contribution in [2.45, 2.75) is 39.5 Å². The van der Waals surface area contributed by atoms with Crippen molar-refractivity contribution >= 4 is 22.6 Å². The second kappa shape index (κ2) is 8.42.